The van der Waals surface area contributed by atoms with Gasteiger partial charge in [0.2, 0.25) is 0 Å². The smallest absolute Gasteiger partial charge is 0.311 e. The molecule has 0 amide bonds. The summed E-state index contributed by atoms with van der Waals surface area (Å²) in [5, 5.41) is 26.7. The second-order valence-corrected chi connectivity index (χ2v) is 18.0. The molecule has 8 nitrogen and oxygen atoms in total. The van der Waals surface area contributed by atoms with Crippen LogP contribution in [0.25, 0.3) is 0 Å². The zero-order chi connectivity index (χ0) is 31.8. The molecule has 0 aromatic rings. The lowest BCUT2D eigenvalue weighted by atomic mass is 9.41. The number of carbonyl (C=O) groups is 2. The highest BCUT2D eigenvalue weighted by Gasteiger charge is 2.84. The number of fused-ring (bicyclic) bond motifs is 4. The Kier molecular flexibility index (Phi) is 6.89. The zero-order valence-electron chi connectivity index (χ0n) is 28.3. The van der Waals surface area contributed by atoms with E-state index in [9.17, 15) is 19.8 Å². The van der Waals surface area contributed by atoms with Gasteiger partial charge in [-0.3, -0.25) is 9.59 Å². The molecule has 0 aromatic carbocycles. The molecule has 8 heteroatoms. The van der Waals surface area contributed by atoms with E-state index in [0.29, 0.717) is 18.3 Å². The first-order valence-corrected chi connectivity index (χ1v) is 17.6. The van der Waals surface area contributed by atoms with Crippen molar-refractivity contribution in [3.05, 3.63) is 0 Å². The van der Waals surface area contributed by atoms with Crippen molar-refractivity contribution in [2.24, 2.45) is 56.7 Å². The van der Waals surface area contributed by atoms with Crippen LogP contribution in [0, 0.1) is 56.7 Å². The molecule has 5 aliphatic carbocycles. The van der Waals surface area contributed by atoms with Gasteiger partial charge in [-0.05, 0) is 105 Å². The molecule has 0 unspecified atom stereocenters. The highest BCUT2D eigenvalue weighted by Crippen LogP contribution is 2.89. The Morgan fingerprint density at radius 1 is 1.00 bits per heavy atom. The molecule has 5 saturated carbocycles. The van der Waals surface area contributed by atoms with E-state index in [2.05, 4.69) is 39.9 Å². The minimum Gasteiger partial charge on any atom is -0.462 e. The molecule has 2 heterocycles. The van der Waals surface area contributed by atoms with Crippen molar-refractivity contribution in [3.8, 4) is 0 Å². The van der Waals surface area contributed by atoms with Crippen molar-refractivity contribution in [2.75, 3.05) is 13.1 Å². The highest BCUT2D eigenvalue weighted by molar-refractivity contribution is 5.74. The molecule has 7 fully saturated rings. The van der Waals surface area contributed by atoms with E-state index in [0.717, 1.165) is 45.2 Å². The van der Waals surface area contributed by atoms with Crippen LogP contribution in [0.2, 0.25) is 0 Å². The molecule has 2 saturated heterocycles. The van der Waals surface area contributed by atoms with E-state index >= 15 is 0 Å². The van der Waals surface area contributed by atoms with Gasteiger partial charge in [-0.2, -0.15) is 0 Å². The first-order chi connectivity index (χ1) is 20.4. The molecule has 2 spiro atoms. The number of hydrogen-bond donors (Lipinski definition) is 3. The number of nitrogens with one attached hydrogen (secondary N) is 1. The second kappa shape index (κ2) is 9.67. The van der Waals surface area contributed by atoms with Gasteiger partial charge in [0, 0.05) is 30.8 Å². The minimum atomic E-state index is -1.26. The third kappa shape index (κ3) is 3.89. The molecular weight excluding hydrogens is 558 g/mol. The first kappa shape index (κ1) is 31.4. The molecule has 0 aromatic heterocycles. The van der Waals surface area contributed by atoms with Crippen LogP contribution in [-0.4, -0.2) is 71.4 Å². The van der Waals surface area contributed by atoms with E-state index < -0.39 is 29.9 Å². The van der Waals surface area contributed by atoms with Gasteiger partial charge < -0.3 is 29.7 Å². The highest BCUT2D eigenvalue weighted by atomic mass is 16.6. The molecule has 0 radical (unpaired) electrons. The fraction of sp³-hybridized carbons (Fsp3) is 0.944. The summed E-state index contributed by atoms with van der Waals surface area (Å²) in [5.74, 6) is 0.939. The number of esters is 2. The standard InChI is InChI=1S/C36H57NO7/c1-19-15-22(29(32(5,6)41)42-20(2)38)43-27-26(19)33(7)13-14-36-18-35(36)12-11-25(44-30(40)21-16-37-17-21)31(3,4)23(35)9-10-24(36)34(33,8)28(27)39/h19,21-29,37,39,41H,9-18H2,1-8H3/t19-,22+,23+,24+,25+,26+,27+,28+,29+,33-,34-,35-,36+/m1/s1. The molecule has 13 atom stereocenters. The summed E-state index contributed by atoms with van der Waals surface area (Å²) >= 11 is 0. The second-order valence-electron chi connectivity index (χ2n) is 18.0. The number of rotatable bonds is 5. The van der Waals surface area contributed by atoms with Crippen molar-refractivity contribution in [1.82, 2.24) is 5.32 Å². The third-order valence-corrected chi connectivity index (χ3v) is 15.5. The van der Waals surface area contributed by atoms with Crippen LogP contribution in [0.5, 0.6) is 0 Å². The summed E-state index contributed by atoms with van der Waals surface area (Å²) < 4.78 is 18.7. The predicted octanol–water partition coefficient (Wildman–Crippen LogP) is 4.63. The van der Waals surface area contributed by atoms with Gasteiger partial charge >= 0.3 is 11.9 Å². The van der Waals surface area contributed by atoms with Crippen LogP contribution < -0.4 is 5.32 Å². The monoisotopic (exact) mass is 615 g/mol. The largest absolute Gasteiger partial charge is 0.462 e. The molecule has 44 heavy (non-hydrogen) atoms. The van der Waals surface area contributed by atoms with Crippen LogP contribution in [0.4, 0.5) is 0 Å². The van der Waals surface area contributed by atoms with Crippen molar-refractivity contribution in [2.45, 2.75) is 143 Å². The zero-order valence-corrected chi connectivity index (χ0v) is 28.3. The molecule has 3 N–H and O–H groups in total. The normalized spacial score (nSPS) is 51.3. The molecule has 0 bridgehead atoms. The molecule has 248 valence electrons. The fourth-order valence-corrected chi connectivity index (χ4v) is 13.3. The minimum absolute atomic E-state index is 0.00464. The van der Waals surface area contributed by atoms with Gasteiger partial charge in [-0.25, -0.2) is 0 Å². The van der Waals surface area contributed by atoms with Gasteiger partial charge in [0.1, 0.15) is 6.10 Å². The lowest BCUT2D eigenvalue weighted by Crippen LogP contribution is -2.60. The first-order valence-electron chi connectivity index (χ1n) is 17.6. The summed E-state index contributed by atoms with van der Waals surface area (Å²) in [6.45, 7) is 18.0. The quantitative estimate of drug-likeness (QED) is 0.384. The van der Waals surface area contributed by atoms with Gasteiger partial charge in [-0.1, -0.05) is 34.6 Å². The maximum Gasteiger partial charge on any atom is 0.311 e. The summed E-state index contributed by atoms with van der Waals surface area (Å²) in [4.78, 5) is 24.9. The van der Waals surface area contributed by atoms with E-state index in [1.54, 1.807) is 13.8 Å². The maximum absolute atomic E-state index is 12.9. The van der Waals surface area contributed by atoms with E-state index in [4.69, 9.17) is 14.2 Å². The fourth-order valence-electron chi connectivity index (χ4n) is 13.3. The molecular formula is C36H57NO7. The van der Waals surface area contributed by atoms with Crippen LogP contribution >= 0.6 is 0 Å². The Bertz CT molecular complexity index is 1210. The average molecular weight is 616 g/mol. The van der Waals surface area contributed by atoms with Crippen molar-refractivity contribution in [3.63, 3.8) is 0 Å². The van der Waals surface area contributed by atoms with Gasteiger partial charge in [0.15, 0.2) is 6.10 Å². The third-order valence-electron chi connectivity index (χ3n) is 15.5. The Morgan fingerprint density at radius 3 is 2.27 bits per heavy atom. The van der Waals surface area contributed by atoms with Crippen molar-refractivity contribution < 1.29 is 34.0 Å². The van der Waals surface area contributed by atoms with E-state index in [-0.39, 0.29) is 63.0 Å². The van der Waals surface area contributed by atoms with Crippen LogP contribution in [0.1, 0.15) is 107 Å². The van der Waals surface area contributed by atoms with E-state index in [1.165, 1.54) is 19.8 Å². The summed E-state index contributed by atoms with van der Waals surface area (Å²) in [6.07, 6.45) is 6.16. The number of carbonyl (C=O) groups excluding carboxylic acids is 2. The SMILES string of the molecule is CC(=O)O[C@@H]([C@@H]1C[C@@H](C)[C@H]2[C@H](O1)[C@H](O)[C@@]1(C)[C@@H]3CC[C@H]4C(C)(C)[C@@H](OC(=O)C5CNC5)CC[C@@]45C[C@@]35CC[C@]21C)C(C)(C)O. The van der Waals surface area contributed by atoms with Crippen LogP contribution in [-0.2, 0) is 23.8 Å². The summed E-state index contributed by atoms with van der Waals surface area (Å²) in [6, 6.07) is 0. The number of ether oxygens (including phenoxy) is 3. The number of aliphatic hydroxyl groups is 2. The van der Waals surface area contributed by atoms with Gasteiger partial charge in [0.05, 0.1) is 29.8 Å². The number of hydrogen-bond acceptors (Lipinski definition) is 8. The lowest BCUT2D eigenvalue weighted by Gasteiger charge is -2.63. The molecule has 7 aliphatic rings. The predicted molar refractivity (Wildman–Crippen MR) is 164 cm³/mol. The Hall–Kier alpha value is -1.22. The van der Waals surface area contributed by atoms with Crippen molar-refractivity contribution >= 4 is 11.9 Å². The topological polar surface area (TPSA) is 114 Å². The molecule has 2 aliphatic heterocycles. The van der Waals surface area contributed by atoms with Gasteiger partial charge in [-0.15, -0.1) is 0 Å². The molecule has 7 rings (SSSR count). The number of aliphatic hydroxyl groups excluding tert-OH is 1. The van der Waals surface area contributed by atoms with Crippen LogP contribution in [0.3, 0.4) is 0 Å². The lowest BCUT2D eigenvalue weighted by molar-refractivity contribution is -0.216. The average Bonchev–Trinajstić information content (AvgIpc) is 3.52. The summed E-state index contributed by atoms with van der Waals surface area (Å²) in [5.41, 5.74) is -1.22. The maximum atomic E-state index is 12.9. The van der Waals surface area contributed by atoms with Crippen molar-refractivity contribution in [1.29, 1.82) is 0 Å². The van der Waals surface area contributed by atoms with Gasteiger partial charge in [0.25, 0.3) is 0 Å². The van der Waals surface area contributed by atoms with E-state index in [1.807, 2.05) is 0 Å². The van der Waals surface area contributed by atoms with Crippen LogP contribution in [0.15, 0.2) is 0 Å². The Balaban J connectivity index is 1.16. The Morgan fingerprint density at radius 2 is 1.66 bits per heavy atom. The Labute approximate surface area is 263 Å². The summed E-state index contributed by atoms with van der Waals surface area (Å²) in [7, 11) is 0.